The Bertz CT molecular complexity index is 1030. The molecule has 7 heteroatoms. The molecule has 0 bridgehead atoms. The van der Waals surface area contributed by atoms with Gasteiger partial charge in [-0.25, -0.2) is 9.63 Å². The third-order valence-corrected chi connectivity index (χ3v) is 4.78. The van der Waals surface area contributed by atoms with Crippen molar-refractivity contribution in [1.29, 1.82) is 0 Å². The highest BCUT2D eigenvalue weighted by molar-refractivity contribution is 7.89. The van der Waals surface area contributed by atoms with Crippen molar-refractivity contribution in [2.24, 2.45) is 5.10 Å². The molecule has 3 aromatic carbocycles. The molecule has 0 aliphatic carbocycles. The topological polar surface area (TPSA) is 84.8 Å². The molecule has 0 heterocycles. The van der Waals surface area contributed by atoms with Crippen molar-refractivity contribution in [3.63, 3.8) is 0 Å². The Balaban J connectivity index is 1.61. The molecule has 0 radical (unpaired) electrons. The second kappa shape index (κ2) is 8.29. The average molecular weight is 380 g/mol. The van der Waals surface area contributed by atoms with Crippen molar-refractivity contribution in [3.05, 3.63) is 96.1 Å². The number of ether oxygens (including phenoxy) is 1. The molecule has 0 fully saturated rings. The third kappa shape index (κ3) is 5.02. The number of hydrogen-bond acceptors (Lipinski definition) is 5. The van der Waals surface area contributed by atoms with E-state index in [2.05, 4.69) is 9.93 Å². The predicted molar refractivity (Wildman–Crippen MR) is 102 cm³/mol. The van der Waals surface area contributed by atoms with Crippen molar-refractivity contribution in [2.45, 2.75) is 4.90 Å². The van der Waals surface area contributed by atoms with E-state index in [-0.39, 0.29) is 4.90 Å². The van der Waals surface area contributed by atoms with Crippen LogP contribution in [0.4, 0.5) is 0 Å². The first-order valence-corrected chi connectivity index (χ1v) is 9.50. The first kappa shape index (κ1) is 18.3. The van der Waals surface area contributed by atoms with Crippen LogP contribution in [0.25, 0.3) is 0 Å². The molecular formula is C20H16N2O4S. The Labute approximate surface area is 157 Å². The number of carbonyl (C=O) groups is 1. The van der Waals surface area contributed by atoms with Gasteiger partial charge in [0.05, 0.1) is 16.7 Å². The standard InChI is InChI=1S/C20H16N2O4S/c23-20(17-7-3-1-4-8-17)26-18-13-11-16(12-14-18)15-21-22-27(24,25)19-9-5-2-6-10-19/h1-15,22H/b21-15-. The molecule has 0 aliphatic rings. The second-order valence-electron chi connectivity index (χ2n) is 5.49. The predicted octanol–water partition coefficient (Wildman–Crippen LogP) is 3.22. The molecule has 0 amide bonds. The van der Waals surface area contributed by atoms with E-state index in [0.29, 0.717) is 16.9 Å². The maximum absolute atomic E-state index is 12.1. The van der Waals surface area contributed by atoms with Gasteiger partial charge in [-0.1, -0.05) is 36.4 Å². The minimum atomic E-state index is -3.70. The number of nitrogens with zero attached hydrogens (tertiary/aromatic N) is 1. The molecule has 27 heavy (non-hydrogen) atoms. The second-order valence-corrected chi connectivity index (χ2v) is 7.15. The van der Waals surface area contributed by atoms with E-state index < -0.39 is 16.0 Å². The zero-order valence-corrected chi connectivity index (χ0v) is 15.0. The van der Waals surface area contributed by atoms with Gasteiger partial charge in [0.25, 0.3) is 10.0 Å². The van der Waals surface area contributed by atoms with Gasteiger partial charge in [0.1, 0.15) is 5.75 Å². The van der Waals surface area contributed by atoms with E-state index in [1.54, 1.807) is 66.7 Å². The molecule has 3 aromatic rings. The van der Waals surface area contributed by atoms with E-state index in [1.807, 2.05) is 6.07 Å². The van der Waals surface area contributed by atoms with Gasteiger partial charge in [-0.3, -0.25) is 0 Å². The Kier molecular flexibility index (Phi) is 5.63. The van der Waals surface area contributed by atoms with E-state index in [0.717, 1.165) is 0 Å². The van der Waals surface area contributed by atoms with Crippen molar-refractivity contribution in [2.75, 3.05) is 0 Å². The largest absolute Gasteiger partial charge is 0.423 e. The van der Waals surface area contributed by atoms with Crippen LogP contribution in [0.15, 0.2) is 94.9 Å². The Morgan fingerprint density at radius 2 is 1.44 bits per heavy atom. The minimum absolute atomic E-state index is 0.130. The normalized spacial score (nSPS) is 11.3. The van der Waals surface area contributed by atoms with Gasteiger partial charge in [0.15, 0.2) is 0 Å². The molecule has 0 atom stereocenters. The van der Waals surface area contributed by atoms with Crippen molar-refractivity contribution in [3.8, 4) is 5.75 Å². The Morgan fingerprint density at radius 3 is 2.07 bits per heavy atom. The zero-order chi connectivity index (χ0) is 19.1. The lowest BCUT2D eigenvalue weighted by Crippen LogP contribution is -2.18. The summed E-state index contributed by atoms with van der Waals surface area (Å²) < 4.78 is 29.4. The van der Waals surface area contributed by atoms with Crippen LogP contribution in [0, 0.1) is 0 Å². The molecule has 0 aliphatic heterocycles. The average Bonchev–Trinajstić information content (AvgIpc) is 2.70. The summed E-state index contributed by atoms with van der Waals surface area (Å²) in [6.07, 6.45) is 1.36. The van der Waals surface area contributed by atoms with E-state index in [1.165, 1.54) is 18.3 Å². The Morgan fingerprint density at radius 1 is 0.852 bits per heavy atom. The number of sulfonamides is 1. The van der Waals surface area contributed by atoms with Crippen molar-refractivity contribution < 1.29 is 17.9 Å². The maximum Gasteiger partial charge on any atom is 0.343 e. The van der Waals surface area contributed by atoms with Crippen LogP contribution >= 0.6 is 0 Å². The fourth-order valence-electron chi connectivity index (χ4n) is 2.18. The van der Waals surface area contributed by atoms with Crippen LogP contribution in [0.3, 0.4) is 0 Å². The first-order chi connectivity index (χ1) is 13.0. The molecular weight excluding hydrogens is 364 g/mol. The highest BCUT2D eigenvalue weighted by Gasteiger charge is 2.11. The van der Waals surface area contributed by atoms with E-state index >= 15 is 0 Å². The number of hydrogen-bond donors (Lipinski definition) is 1. The summed E-state index contributed by atoms with van der Waals surface area (Å²) >= 11 is 0. The molecule has 0 unspecified atom stereocenters. The van der Waals surface area contributed by atoms with Gasteiger partial charge in [-0.2, -0.15) is 13.5 Å². The molecule has 3 rings (SSSR count). The molecule has 0 aromatic heterocycles. The molecule has 1 N–H and O–H groups in total. The SMILES string of the molecule is O=C(Oc1ccc(/C=N\NS(=O)(=O)c2ccccc2)cc1)c1ccccc1. The smallest absolute Gasteiger partial charge is 0.343 e. The molecule has 0 spiro atoms. The molecule has 6 nitrogen and oxygen atoms in total. The van der Waals surface area contributed by atoms with Crippen LogP contribution in [0.1, 0.15) is 15.9 Å². The summed E-state index contributed by atoms with van der Waals surface area (Å²) in [4.78, 5) is 14.3. The third-order valence-electron chi connectivity index (χ3n) is 3.54. The number of carbonyl (C=O) groups excluding carboxylic acids is 1. The van der Waals surface area contributed by atoms with Crippen molar-refractivity contribution in [1.82, 2.24) is 4.83 Å². The van der Waals surface area contributed by atoms with Crippen LogP contribution < -0.4 is 9.57 Å². The van der Waals surface area contributed by atoms with Crippen LogP contribution in [0.2, 0.25) is 0 Å². The summed E-state index contributed by atoms with van der Waals surface area (Å²) in [5.41, 5.74) is 1.10. The van der Waals surface area contributed by atoms with Gasteiger partial charge < -0.3 is 4.74 Å². The van der Waals surface area contributed by atoms with Gasteiger partial charge in [-0.05, 0) is 54.1 Å². The maximum atomic E-state index is 12.1. The molecule has 0 saturated carbocycles. The molecule has 136 valence electrons. The van der Waals surface area contributed by atoms with Crippen LogP contribution in [-0.4, -0.2) is 20.6 Å². The van der Waals surface area contributed by atoms with Gasteiger partial charge in [0, 0.05) is 0 Å². The minimum Gasteiger partial charge on any atom is -0.423 e. The Hall–Kier alpha value is -3.45. The number of hydrazone groups is 1. The zero-order valence-electron chi connectivity index (χ0n) is 14.1. The lowest BCUT2D eigenvalue weighted by Gasteiger charge is -2.05. The lowest BCUT2D eigenvalue weighted by molar-refractivity contribution is 0.0734. The number of rotatable bonds is 6. The van der Waals surface area contributed by atoms with E-state index in [4.69, 9.17) is 4.74 Å². The summed E-state index contributed by atoms with van der Waals surface area (Å²) in [5.74, 6) is -0.0708. The van der Waals surface area contributed by atoms with E-state index in [9.17, 15) is 13.2 Å². The summed E-state index contributed by atoms with van der Waals surface area (Å²) in [6.45, 7) is 0. The molecule has 0 saturated heterocycles. The quantitative estimate of drug-likeness (QED) is 0.308. The number of benzene rings is 3. The van der Waals surface area contributed by atoms with Crippen LogP contribution in [-0.2, 0) is 10.0 Å². The highest BCUT2D eigenvalue weighted by Crippen LogP contribution is 2.14. The number of nitrogens with one attached hydrogen (secondary N) is 1. The lowest BCUT2D eigenvalue weighted by atomic mass is 10.2. The fourth-order valence-corrected chi connectivity index (χ4v) is 3.00. The highest BCUT2D eigenvalue weighted by atomic mass is 32.2. The summed E-state index contributed by atoms with van der Waals surface area (Å²) in [5, 5.41) is 3.76. The van der Waals surface area contributed by atoms with Gasteiger partial charge in [-0.15, -0.1) is 0 Å². The van der Waals surface area contributed by atoms with Gasteiger partial charge in [0.2, 0.25) is 0 Å². The summed E-state index contributed by atoms with van der Waals surface area (Å²) in [6, 6.07) is 23.2. The van der Waals surface area contributed by atoms with Gasteiger partial charge >= 0.3 is 5.97 Å². The number of esters is 1. The summed E-state index contributed by atoms with van der Waals surface area (Å²) in [7, 11) is -3.70. The first-order valence-electron chi connectivity index (χ1n) is 8.02. The monoisotopic (exact) mass is 380 g/mol. The van der Waals surface area contributed by atoms with Crippen LogP contribution in [0.5, 0.6) is 5.75 Å². The fraction of sp³-hybridized carbons (Fsp3) is 0. The van der Waals surface area contributed by atoms with Crippen molar-refractivity contribution >= 4 is 22.2 Å².